The Labute approximate surface area is 92.6 Å². The van der Waals surface area contributed by atoms with Gasteiger partial charge in [0, 0.05) is 19.7 Å². The number of rotatable bonds is 5. The summed E-state index contributed by atoms with van der Waals surface area (Å²) in [6.07, 6.45) is 2.65. The molecule has 1 atom stereocenters. The second kappa shape index (κ2) is 7.70. The third-order valence-electron chi connectivity index (χ3n) is 1.81. The molecule has 0 aliphatic carbocycles. The number of halogens is 2. The Balaban J connectivity index is 4.60. The van der Waals surface area contributed by atoms with Crippen molar-refractivity contribution >= 4 is 15.5 Å². The van der Waals surface area contributed by atoms with Crippen molar-refractivity contribution in [2.45, 2.75) is 26.7 Å². The second-order valence-electron chi connectivity index (χ2n) is 3.52. The van der Waals surface area contributed by atoms with Gasteiger partial charge in [0.25, 0.3) is 0 Å². The van der Waals surface area contributed by atoms with Gasteiger partial charge in [0.1, 0.15) is 0 Å². The molecule has 0 aliphatic heterocycles. The number of aliphatic imine (C=N–C) groups is 1. The van der Waals surface area contributed by atoms with Crippen LogP contribution in [0.1, 0.15) is 20.3 Å². The first-order valence-corrected chi connectivity index (χ1v) is 5.42. The molecule has 4 heteroatoms. The van der Waals surface area contributed by atoms with E-state index in [1.54, 1.807) is 13.3 Å². The highest BCUT2D eigenvalue weighted by molar-refractivity contribution is 7.22. The van der Waals surface area contributed by atoms with Gasteiger partial charge in [-0.2, -0.15) is 0 Å². The lowest BCUT2D eigenvalue weighted by Crippen LogP contribution is -1.95. The first kappa shape index (κ1) is 14.4. The average molecular weight is 233 g/mol. The minimum absolute atomic E-state index is 0.204. The number of alkyl halides is 2. The summed E-state index contributed by atoms with van der Waals surface area (Å²) >= 11 is 0. The van der Waals surface area contributed by atoms with Gasteiger partial charge in [-0.05, 0) is 16.8 Å². The summed E-state index contributed by atoms with van der Waals surface area (Å²) in [5.41, 5.74) is 1.04. The van der Waals surface area contributed by atoms with Crippen LogP contribution in [0.5, 0.6) is 0 Å². The molecule has 0 aliphatic rings. The number of nitrogens with zero attached hydrogens (tertiary/aromatic N) is 1. The summed E-state index contributed by atoms with van der Waals surface area (Å²) in [7, 11) is 4.15. The van der Waals surface area contributed by atoms with Crippen LogP contribution in [0.15, 0.2) is 28.0 Å². The molecular formula is C11H18F2NP. The van der Waals surface area contributed by atoms with E-state index in [1.807, 2.05) is 19.9 Å². The molecule has 86 valence electrons. The minimum atomic E-state index is -2.28. The van der Waals surface area contributed by atoms with E-state index in [9.17, 15) is 8.78 Å². The van der Waals surface area contributed by atoms with E-state index in [1.165, 1.54) is 6.08 Å². The van der Waals surface area contributed by atoms with Crippen molar-refractivity contribution < 1.29 is 8.78 Å². The largest absolute Gasteiger partial charge is 0.296 e. The summed E-state index contributed by atoms with van der Waals surface area (Å²) in [5, 5.41) is 0.777. The van der Waals surface area contributed by atoms with E-state index >= 15 is 0 Å². The minimum Gasteiger partial charge on any atom is -0.296 e. The molecule has 0 aromatic heterocycles. The molecule has 0 saturated heterocycles. The van der Waals surface area contributed by atoms with Crippen LogP contribution in [0.3, 0.4) is 0 Å². The molecule has 0 saturated carbocycles. The Morgan fingerprint density at radius 1 is 1.40 bits per heavy atom. The van der Waals surface area contributed by atoms with Crippen LogP contribution in [0.4, 0.5) is 8.78 Å². The predicted molar refractivity (Wildman–Crippen MR) is 65.8 cm³/mol. The highest BCUT2D eigenvalue weighted by Gasteiger charge is 2.01. The monoisotopic (exact) mass is 233 g/mol. The second-order valence-corrected chi connectivity index (χ2v) is 4.18. The van der Waals surface area contributed by atoms with E-state index in [-0.39, 0.29) is 6.42 Å². The maximum atomic E-state index is 11.9. The maximum absolute atomic E-state index is 11.9. The molecule has 0 fully saturated rings. The molecule has 0 aromatic carbocycles. The van der Waals surface area contributed by atoms with Crippen molar-refractivity contribution in [2.75, 3.05) is 7.05 Å². The zero-order valence-electron chi connectivity index (χ0n) is 9.37. The molecule has 0 spiro atoms. The van der Waals surface area contributed by atoms with Crippen LogP contribution in [-0.2, 0) is 0 Å². The van der Waals surface area contributed by atoms with E-state index < -0.39 is 6.43 Å². The van der Waals surface area contributed by atoms with Crippen LogP contribution in [0, 0.1) is 5.92 Å². The molecule has 0 radical (unpaired) electrons. The third kappa shape index (κ3) is 7.38. The van der Waals surface area contributed by atoms with E-state index in [0.29, 0.717) is 5.92 Å². The summed E-state index contributed by atoms with van der Waals surface area (Å²) in [5.74, 6) is 0.337. The quantitative estimate of drug-likeness (QED) is 0.390. The smallest absolute Gasteiger partial charge is 0.242 e. The lowest BCUT2D eigenvalue weighted by atomic mass is 10.0. The molecule has 15 heavy (non-hydrogen) atoms. The Morgan fingerprint density at radius 2 is 2.00 bits per heavy atom. The number of hydrogen-bond acceptors (Lipinski definition) is 1. The van der Waals surface area contributed by atoms with Gasteiger partial charge in [-0.25, -0.2) is 8.78 Å². The summed E-state index contributed by atoms with van der Waals surface area (Å²) in [4.78, 5) is 3.93. The molecule has 1 unspecified atom stereocenters. The molecule has 0 rings (SSSR count). The van der Waals surface area contributed by atoms with Gasteiger partial charge in [0.05, 0.1) is 0 Å². The van der Waals surface area contributed by atoms with Gasteiger partial charge in [0.2, 0.25) is 6.43 Å². The maximum Gasteiger partial charge on any atom is 0.242 e. The van der Waals surface area contributed by atoms with Crippen molar-refractivity contribution in [2.24, 2.45) is 10.9 Å². The SMILES string of the molecule is CN=C/C(=C\C(P)=C\CC(F)F)C(C)C. The zero-order valence-corrected chi connectivity index (χ0v) is 10.5. The lowest BCUT2D eigenvalue weighted by Gasteiger charge is -2.05. The van der Waals surface area contributed by atoms with Crippen LogP contribution in [0.25, 0.3) is 0 Å². The fourth-order valence-corrected chi connectivity index (χ4v) is 1.31. The molecule has 0 heterocycles. The topological polar surface area (TPSA) is 12.4 Å². The Kier molecular flexibility index (Phi) is 7.41. The molecule has 0 aromatic rings. The van der Waals surface area contributed by atoms with E-state index in [4.69, 9.17) is 0 Å². The Hall–Kier alpha value is -0.560. The first-order valence-electron chi connectivity index (χ1n) is 4.85. The predicted octanol–water partition coefficient (Wildman–Crippen LogP) is 3.68. The van der Waals surface area contributed by atoms with Crippen LogP contribution < -0.4 is 0 Å². The fraction of sp³-hybridized carbons (Fsp3) is 0.545. The van der Waals surface area contributed by atoms with Crippen molar-refractivity contribution in [1.29, 1.82) is 0 Å². The average Bonchev–Trinajstić information content (AvgIpc) is 2.14. The van der Waals surface area contributed by atoms with Gasteiger partial charge in [-0.3, -0.25) is 4.99 Å². The van der Waals surface area contributed by atoms with Gasteiger partial charge in [-0.1, -0.05) is 26.0 Å². The number of allylic oxidation sites excluding steroid dienone is 4. The third-order valence-corrected chi connectivity index (χ3v) is 2.21. The van der Waals surface area contributed by atoms with Crippen LogP contribution in [-0.4, -0.2) is 19.7 Å². The van der Waals surface area contributed by atoms with E-state index in [0.717, 1.165) is 10.9 Å². The number of hydrogen-bond donors (Lipinski definition) is 0. The Morgan fingerprint density at radius 3 is 2.40 bits per heavy atom. The molecular weight excluding hydrogens is 215 g/mol. The lowest BCUT2D eigenvalue weighted by molar-refractivity contribution is 0.152. The summed E-state index contributed by atoms with van der Waals surface area (Å²) in [6, 6.07) is 0. The Bertz CT molecular complexity index is 268. The van der Waals surface area contributed by atoms with Crippen molar-refractivity contribution in [3.63, 3.8) is 0 Å². The van der Waals surface area contributed by atoms with Crippen molar-refractivity contribution in [1.82, 2.24) is 0 Å². The van der Waals surface area contributed by atoms with Crippen LogP contribution >= 0.6 is 9.24 Å². The van der Waals surface area contributed by atoms with Crippen LogP contribution in [0.2, 0.25) is 0 Å². The van der Waals surface area contributed by atoms with Gasteiger partial charge < -0.3 is 0 Å². The normalized spacial score (nSPS) is 14.7. The van der Waals surface area contributed by atoms with Gasteiger partial charge in [0.15, 0.2) is 0 Å². The van der Waals surface area contributed by atoms with Gasteiger partial charge in [-0.15, -0.1) is 9.24 Å². The zero-order chi connectivity index (χ0) is 11.8. The summed E-state index contributed by atoms with van der Waals surface area (Å²) in [6.45, 7) is 4.08. The van der Waals surface area contributed by atoms with Crippen molar-refractivity contribution in [3.05, 3.63) is 23.0 Å². The standard InChI is InChI=1S/C11H18F2NP/c1-8(2)9(7-14-3)6-10(15)4-5-11(12)13/h4,6-8,11H,5,15H2,1-3H3/b9-6+,10-4-,14-7?. The first-order chi connectivity index (χ1) is 6.97. The highest BCUT2D eigenvalue weighted by atomic mass is 31.0. The van der Waals surface area contributed by atoms with E-state index in [2.05, 4.69) is 14.2 Å². The van der Waals surface area contributed by atoms with Gasteiger partial charge >= 0.3 is 0 Å². The fourth-order valence-electron chi connectivity index (χ4n) is 0.979. The van der Waals surface area contributed by atoms with Crippen molar-refractivity contribution in [3.8, 4) is 0 Å². The highest BCUT2D eigenvalue weighted by Crippen LogP contribution is 2.17. The molecule has 1 nitrogen and oxygen atoms in total. The summed E-state index contributed by atoms with van der Waals surface area (Å²) < 4.78 is 23.9. The molecule has 0 N–H and O–H groups in total. The molecule has 0 bridgehead atoms. The molecule has 0 amide bonds.